The molecule has 0 amide bonds. The zero-order chi connectivity index (χ0) is 13.1. The van der Waals surface area contributed by atoms with E-state index in [4.69, 9.17) is 16.2 Å². The molecular weight excluding hydrogens is 212 g/mol. The second-order valence-electron chi connectivity index (χ2n) is 6.43. The quantitative estimate of drug-likeness (QED) is 0.721. The third-order valence-electron chi connectivity index (χ3n) is 4.13. The van der Waals surface area contributed by atoms with Gasteiger partial charge in [0.25, 0.3) is 0 Å². The molecule has 0 saturated heterocycles. The van der Waals surface area contributed by atoms with Gasteiger partial charge in [-0.2, -0.15) is 0 Å². The normalized spacial score (nSPS) is 33.9. The number of rotatable bonds is 7. The highest BCUT2D eigenvalue weighted by atomic mass is 16.5. The van der Waals surface area contributed by atoms with Crippen LogP contribution < -0.4 is 11.5 Å². The van der Waals surface area contributed by atoms with Gasteiger partial charge in [0, 0.05) is 17.5 Å². The molecule has 0 spiro atoms. The lowest BCUT2D eigenvalue weighted by molar-refractivity contribution is -0.0870. The fourth-order valence-corrected chi connectivity index (χ4v) is 2.82. The molecule has 4 unspecified atom stereocenters. The van der Waals surface area contributed by atoms with E-state index < -0.39 is 0 Å². The van der Waals surface area contributed by atoms with Crippen molar-refractivity contribution in [1.82, 2.24) is 0 Å². The molecule has 0 heterocycles. The van der Waals surface area contributed by atoms with E-state index in [0.29, 0.717) is 5.92 Å². The molecule has 0 aromatic carbocycles. The Labute approximate surface area is 106 Å². The van der Waals surface area contributed by atoms with Crippen molar-refractivity contribution in [1.29, 1.82) is 0 Å². The minimum Gasteiger partial charge on any atom is -0.375 e. The third kappa shape index (κ3) is 4.23. The van der Waals surface area contributed by atoms with Crippen LogP contribution in [0.1, 0.15) is 59.8 Å². The minimum atomic E-state index is -0.0748. The number of ether oxygens (including phenoxy) is 1. The lowest BCUT2D eigenvalue weighted by Gasteiger charge is -2.45. The molecule has 4 atom stereocenters. The van der Waals surface area contributed by atoms with E-state index in [1.54, 1.807) is 0 Å². The maximum atomic E-state index is 6.17. The van der Waals surface area contributed by atoms with Crippen LogP contribution in [0, 0.1) is 5.92 Å². The van der Waals surface area contributed by atoms with Crippen LogP contribution in [-0.4, -0.2) is 23.8 Å². The first-order chi connectivity index (χ1) is 7.79. The third-order valence-corrected chi connectivity index (χ3v) is 4.13. The molecule has 0 aliphatic heterocycles. The molecule has 1 aliphatic carbocycles. The van der Waals surface area contributed by atoms with Gasteiger partial charge in [-0.3, -0.25) is 0 Å². The van der Waals surface area contributed by atoms with Crippen molar-refractivity contribution in [2.24, 2.45) is 17.4 Å². The fourth-order valence-electron chi connectivity index (χ4n) is 2.82. The maximum absolute atomic E-state index is 6.17. The van der Waals surface area contributed by atoms with Gasteiger partial charge >= 0.3 is 0 Å². The van der Waals surface area contributed by atoms with Gasteiger partial charge in [0.05, 0.1) is 12.2 Å². The Balaban J connectivity index is 2.44. The highest BCUT2D eigenvalue weighted by Crippen LogP contribution is 2.37. The summed E-state index contributed by atoms with van der Waals surface area (Å²) in [6, 6.07) is 0.192. The Morgan fingerprint density at radius 2 is 2.18 bits per heavy atom. The molecule has 0 aromatic heterocycles. The van der Waals surface area contributed by atoms with Crippen molar-refractivity contribution in [3.8, 4) is 0 Å². The largest absolute Gasteiger partial charge is 0.375 e. The predicted molar refractivity (Wildman–Crippen MR) is 72.8 cm³/mol. The maximum Gasteiger partial charge on any atom is 0.0669 e. The number of hydrogen-bond acceptors (Lipinski definition) is 3. The molecule has 4 N–H and O–H groups in total. The Kier molecular flexibility index (Phi) is 4.99. The fraction of sp³-hybridized carbons (Fsp3) is 1.00. The molecule has 1 saturated carbocycles. The van der Waals surface area contributed by atoms with Crippen molar-refractivity contribution in [2.45, 2.75) is 77.0 Å². The zero-order valence-electron chi connectivity index (χ0n) is 12.0. The Bertz CT molecular complexity index is 240. The van der Waals surface area contributed by atoms with Crippen LogP contribution in [0.5, 0.6) is 0 Å². The SMILES string of the molecule is CCCC(C)(CC(C)N)OCC1CCC1(C)N. The van der Waals surface area contributed by atoms with E-state index in [2.05, 4.69) is 20.8 Å². The number of nitrogens with two attached hydrogens (primary N) is 2. The summed E-state index contributed by atoms with van der Waals surface area (Å²) >= 11 is 0. The highest BCUT2D eigenvalue weighted by molar-refractivity contribution is 4.97. The van der Waals surface area contributed by atoms with Crippen LogP contribution >= 0.6 is 0 Å². The lowest BCUT2D eigenvalue weighted by Crippen LogP contribution is -2.55. The van der Waals surface area contributed by atoms with Gasteiger partial charge in [-0.15, -0.1) is 0 Å². The Morgan fingerprint density at radius 3 is 2.53 bits per heavy atom. The molecule has 102 valence electrons. The van der Waals surface area contributed by atoms with Gasteiger partial charge in [0.15, 0.2) is 0 Å². The highest BCUT2D eigenvalue weighted by Gasteiger charge is 2.40. The molecule has 0 aromatic rings. The van der Waals surface area contributed by atoms with E-state index in [0.717, 1.165) is 32.3 Å². The first-order valence-electron chi connectivity index (χ1n) is 6.97. The molecule has 1 aliphatic rings. The smallest absolute Gasteiger partial charge is 0.0669 e. The second-order valence-corrected chi connectivity index (χ2v) is 6.43. The van der Waals surface area contributed by atoms with Crippen LogP contribution in [0.3, 0.4) is 0 Å². The van der Waals surface area contributed by atoms with Crippen molar-refractivity contribution >= 4 is 0 Å². The average molecular weight is 242 g/mol. The van der Waals surface area contributed by atoms with Crippen LogP contribution in [0.25, 0.3) is 0 Å². The molecule has 1 rings (SSSR count). The van der Waals surface area contributed by atoms with Crippen LogP contribution in [0.15, 0.2) is 0 Å². The van der Waals surface area contributed by atoms with Gasteiger partial charge in [-0.25, -0.2) is 0 Å². The molecular formula is C14H30N2O. The van der Waals surface area contributed by atoms with Gasteiger partial charge in [0.1, 0.15) is 0 Å². The summed E-state index contributed by atoms with van der Waals surface area (Å²) < 4.78 is 6.16. The molecule has 1 fully saturated rings. The van der Waals surface area contributed by atoms with Crippen molar-refractivity contribution < 1.29 is 4.74 Å². The van der Waals surface area contributed by atoms with E-state index in [1.165, 1.54) is 6.42 Å². The standard InChI is InChI=1S/C14H30N2O/c1-5-7-13(3,9-11(2)15)17-10-12-6-8-14(12,4)16/h11-12H,5-10,15-16H2,1-4H3. The van der Waals surface area contributed by atoms with E-state index in [-0.39, 0.29) is 17.2 Å². The van der Waals surface area contributed by atoms with Crippen molar-refractivity contribution in [3.05, 3.63) is 0 Å². The topological polar surface area (TPSA) is 61.3 Å². The lowest BCUT2D eigenvalue weighted by atomic mass is 9.69. The first kappa shape index (κ1) is 14.9. The summed E-state index contributed by atoms with van der Waals surface area (Å²) in [5.41, 5.74) is 12.0. The van der Waals surface area contributed by atoms with Gasteiger partial charge < -0.3 is 16.2 Å². The first-order valence-corrected chi connectivity index (χ1v) is 6.97. The minimum absolute atomic E-state index is 0.0124. The van der Waals surface area contributed by atoms with Crippen molar-refractivity contribution in [3.63, 3.8) is 0 Å². The zero-order valence-corrected chi connectivity index (χ0v) is 12.0. The average Bonchev–Trinajstić information content (AvgIpc) is 2.15. The van der Waals surface area contributed by atoms with Gasteiger partial charge in [-0.05, 0) is 46.5 Å². The van der Waals surface area contributed by atoms with Crippen molar-refractivity contribution in [2.75, 3.05) is 6.61 Å². The molecule has 0 bridgehead atoms. The van der Waals surface area contributed by atoms with Crippen LogP contribution in [-0.2, 0) is 4.74 Å². The van der Waals surface area contributed by atoms with E-state index >= 15 is 0 Å². The Morgan fingerprint density at radius 1 is 1.53 bits per heavy atom. The summed E-state index contributed by atoms with van der Waals surface area (Å²) in [6.07, 6.45) is 5.46. The molecule has 3 heteroatoms. The number of hydrogen-bond donors (Lipinski definition) is 2. The summed E-state index contributed by atoms with van der Waals surface area (Å²) in [5, 5.41) is 0. The van der Waals surface area contributed by atoms with Gasteiger partial charge in [-0.1, -0.05) is 13.3 Å². The molecule has 17 heavy (non-hydrogen) atoms. The van der Waals surface area contributed by atoms with E-state index in [9.17, 15) is 0 Å². The second kappa shape index (κ2) is 5.68. The summed E-state index contributed by atoms with van der Waals surface area (Å²) in [5.74, 6) is 0.520. The Hall–Kier alpha value is -0.120. The predicted octanol–water partition coefficient (Wildman–Crippen LogP) is 2.43. The molecule has 0 radical (unpaired) electrons. The monoisotopic (exact) mass is 242 g/mol. The van der Waals surface area contributed by atoms with Crippen LogP contribution in [0.2, 0.25) is 0 Å². The summed E-state index contributed by atoms with van der Waals surface area (Å²) in [7, 11) is 0. The summed E-state index contributed by atoms with van der Waals surface area (Å²) in [6.45, 7) is 9.35. The van der Waals surface area contributed by atoms with Crippen LogP contribution in [0.4, 0.5) is 0 Å². The van der Waals surface area contributed by atoms with Gasteiger partial charge in [0.2, 0.25) is 0 Å². The van der Waals surface area contributed by atoms with E-state index in [1.807, 2.05) is 6.92 Å². The summed E-state index contributed by atoms with van der Waals surface area (Å²) in [4.78, 5) is 0. The molecule has 3 nitrogen and oxygen atoms in total.